The van der Waals surface area contributed by atoms with Crippen LogP contribution in [0.15, 0.2) is 57.7 Å². The molecule has 0 radical (unpaired) electrons. The van der Waals surface area contributed by atoms with Gasteiger partial charge in [-0.1, -0.05) is 42.0 Å². The number of fused-ring (bicyclic) bond motifs is 1. The average Bonchev–Trinajstić information content (AvgIpc) is 2.48. The summed E-state index contributed by atoms with van der Waals surface area (Å²) in [6.07, 6.45) is 0. The smallest absolute Gasteiger partial charge is 0.296 e. The molecule has 0 fully saturated rings. The van der Waals surface area contributed by atoms with Crippen LogP contribution in [0.25, 0.3) is 22.1 Å². The Morgan fingerprint density at radius 1 is 1.05 bits per heavy atom. The first kappa shape index (κ1) is 12.5. The van der Waals surface area contributed by atoms with Gasteiger partial charge in [0.1, 0.15) is 11.1 Å². The third kappa shape index (κ3) is 1.97. The van der Waals surface area contributed by atoms with Crippen LogP contribution in [0.5, 0.6) is 5.95 Å². The fraction of sp³-hybridized carbons (Fsp3) is 0.118. The zero-order valence-electron chi connectivity index (χ0n) is 11.3. The van der Waals surface area contributed by atoms with Crippen LogP contribution in [-0.4, -0.2) is 7.11 Å². The fourth-order valence-electron chi connectivity index (χ4n) is 2.29. The highest BCUT2D eigenvalue weighted by Gasteiger charge is 2.16. The third-order valence-corrected chi connectivity index (χ3v) is 3.26. The predicted octanol–water partition coefficient (Wildman–Crippen LogP) is 3.78. The van der Waals surface area contributed by atoms with E-state index in [0.29, 0.717) is 16.5 Å². The molecule has 3 rings (SSSR count). The van der Waals surface area contributed by atoms with Crippen molar-refractivity contribution in [3.05, 3.63) is 64.3 Å². The molecule has 0 atom stereocenters. The van der Waals surface area contributed by atoms with Gasteiger partial charge in [0.25, 0.3) is 5.95 Å². The molecule has 1 aromatic heterocycles. The second-order valence-corrected chi connectivity index (χ2v) is 4.66. The van der Waals surface area contributed by atoms with E-state index < -0.39 is 0 Å². The van der Waals surface area contributed by atoms with E-state index in [0.717, 1.165) is 11.1 Å². The Hall–Kier alpha value is -2.55. The maximum atomic E-state index is 12.7. The first-order valence-electron chi connectivity index (χ1n) is 6.37. The third-order valence-electron chi connectivity index (χ3n) is 3.26. The zero-order valence-corrected chi connectivity index (χ0v) is 11.3. The predicted molar refractivity (Wildman–Crippen MR) is 79.2 cm³/mol. The molecule has 20 heavy (non-hydrogen) atoms. The van der Waals surface area contributed by atoms with Gasteiger partial charge in [0.2, 0.25) is 5.43 Å². The minimum Gasteiger partial charge on any atom is -0.468 e. The van der Waals surface area contributed by atoms with Crippen LogP contribution in [0.1, 0.15) is 5.56 Å². The molecule has 0 saturated heterocycles. The fourth-order valence-corrected chi connectivity index (χ4v) is 2.29. The number of aryl methyl sites for hydroxylation is 1. The van der Waals surface area contributed by atoms with E-state index in [1.807, 2.05) is 49.4 Å². The lowest BCUT2D eigenvalue weighted by atomic mass is 10.0. The summed E-state index contributed by atoms with van der Waals surface area (Å²) >= 11 is 0. The molecule has 3 heteroatoms. The maximum Gasteiger partial charge on any atom is 0.296 e. The van der Waals surface area contributed by atoms with E-state index in [2.05, 4.69) is 0 Å². The Labute approximate surface area is 116 Å². The van der Waals surface area contributed by atoms with Gasteiger partial charge >= 0.3 is 0 Å². The number of rotatable bonds is 2. The molecule has 0 saturated carbocycles. The summed E-state index contributed by atoms with van der Waals surface area (Å²) in [5.41, 5.74) is 2.75. The van der Waals surface area contributed by atoms with Crippen molar-refractivity contribution < 1.29 is 9.15 Å². The minimum absolute atomic E-state index is 0.0713. The lowest BCUT2D eigenvalue weighted by molar-refractivity contribution is 0.312. The standard InChI is InChI=1S/C17H14O3/c1-11-8-9-14-13(10-11)16(18)15(17(19-2)20-14)12-6-4-3-5-7-12/h3-10H,1-2H3. The largest absolute Gasteiger partial charge is 0.468 e. The van der Waals surface area contributed by atoms with Gasteiger partial charge < -0.3 is 9.15 Å². The summed E-state index contributed by atoms with van der Waals surface area (Å²) in [4.78, 5) is 12.7. The number of hydrogen-bond donors (Lipinski definition) is 0. The van der Waals surface area contributed by atoms with Crippen molar-refractivity contribution in [2.75, 3.05) is 7.11 Å². The molecular formula is C17H14O3. The van der Waals surface area contributed by atoms with Gasteiger partial charge in [-0.15, -0.1) is 0 Å². The van der Waals surface area contributed by atoms with Crippen molar-refractivity contribution in [1.82, 2.24) is 0 Å². The van der Waals surface area contributed by atoms with E-state index in [-0.39, 0.29) is 11.4 Å². The molecular weight excluding hydrogens is 252 g/mol. The molecule has 0 unspecified atom stereocenters. The first-order valence-corrected chi connectivity index (χ1v) is 6.37. The van der Waals surface area contributed by atoms with Crippen LogP contribution in [0, 0.1) is 6.92 Å². The summed E-state index contributed by atoms with van der Waals surface area (Å²) in [5, 5.41) is 0.574. The number of methoxy groups -OCH3 is 1. The molecule has 1 heterocycles. The number of benzene rings is 2. The van der Waals surface area contributed by atoms with Gasteiger partial charge in [-0.05, 0) is 24.6 Å². The lowest BCUT2D eigenvalue weighted by Gasteiger charge is -2.08. The van der Waals surface area contributed by atoms with Crippen LogP contribution in [0.4, 0.5) is 0 Å². The van der Waals surface area contributed by atoms with Crippen molar-refractivity contribution in [3.8, 4) is 17.1 Å². The SMILES string of the molecule is COc1oc2ccc(C)cc2c(=O)c1-c1ccccc1. The van der Waals surface area contributed by atoms with Crippen molar-refractivity contribution in [1.29, 1.82) is 0 Å². The van der Waals surface area contributed by atoms with E-state index in [9.17, 15) is 4.79 Å². The summed E-state index contributed by atoms with van der Waals surface area (Å²) in [5.74, 6) is 0.248. The number of ether oxygens (including phenoxy) is 1. The van der Waals surface area contributed by atoms with E-state index in [4.69, 9.17) is 9.15 Å². The summed E-state index contributed by atoms with van der Waals surface area (Å²) in [7, 11) is 1.50. The number of hydrogen-bond acceptors (Lipinski definition) is 3. The highest BCUT2D eigenvalue weighted by Crippen LogP contribution is 2.30. The van der Waals surface area contributed by atoms with E-state index in [1.165, 1.54) is 7.11 Å². The Bertz CT molecular complexity index is 817. The molecule has 0 spiro atoms. The molecule has 100 valence electrons. The summed E-state index contributed by atoms with van der Waals surface area (Å²) < 4.78 is 11.0. The summed E-state index contributed by atoms with van der Waals surface area (Å²) in [6.45, 7) is 1.95. The normalized spacial score (nSPS) is 10.7. The quantitative estimate of drug-likeness (QED) is 0.708. The van der Waals surface area contributed by atoms with Crippen LogP contribution >= 0.6 is 0 Å². The molecule has 3 aromatic rings. The first-order chi connectivity index (χ1) is 9.70. The Kier molecular flexibility index (Phi) is 3.03. The van der Waals surface area contributed by atoms with Crippen LogP contribution in [0.3, 0.4) is 0 Å². The van der Waals surface area contributed by atoms with E-state index >= 15 is 0 Å². The molecule has 0 aliphatic heterocycles. The monoisotopic (exact) mass is 266 g/mol. The van der Waals surface area contributed by atoms with Crippen LogP contribution in [0.2, 0.25) is 0 Å². The van der Waals surface area contributed by atoms with Crippen LogP contribution < -0.4 is 10.2 Å². The van der Waals surface area contributed by atoms with Gasteiger partial charge in [0, 0.05) is 0 Å². The van der Waals surface area contributed by atoms with E-state index in [1.54, 1.807) is 6.07 Å². The molecule has 0 aliphatic rings. The second-order valence-electron chi connectivity index (χ2n) is 4.66. The van der Waals surface area contributed by atoms with Crippen molar-refractivity contribution in [2.24, 2.45) is 0 Å². The zero-order chi connectivity index (χ0) is 14.1. The average molecular weight is 266 g/mol. The lowest BCUT2D eigenvalue weighted by Crippen LogP contribution is -2.07. The molecule has 2 aromatic carbocycles. The second kappa shape index (κ2) is 4.85. The molecule has 0 aliphatic carbocycles. The van der Waals surface area contributed by atoms with Gasteiger partial charge in [-0.3, -0.25) is 4.79 Å². The highest BCUT2D eigenvalue weighted by atomic mass is 16.6. The molecule has 0 bridgehead atoms. The van der Waals surface area contributed by atoms with Gasteiger partial charge in [-0.2, -0.15) is 0 Å². The van der Waals surface area contributed by atoms with Gasteiger partial charge in [0.05, 0.1) is 12.5 Å². The minimum atomic E-state index is -0.0713. The molecule has 0 amide bonds. The topological polar surface area (TPSA) is 39.4 Å². The maximum absolute atomic E-state index is 12.7. The van der Waals surface area contributed by atoms with Gasteiger partial charge in [-0.25, -0.2) is 0 Å². The Morgan fingerprint density at radius 2 is 1.80 bits per heavy atom. The molecule has 0 N–H and O–H groups in total. The van der Waals surface area contributed by atoms with Crippen molar-refractivity contribution in [2.45, 2.75) is 6.92 Å². The van der Waals surface area contributed by atoms with Crippen molar-refractivity contribution >= 4 is 11.0 Å². The van der Waals surface area contributed by atoms with Crippen LogP contribution in [-0.2, 0) is 0 Å². The highest BCUT2D eigenvalue weighted by molar-refractivity contribution is 5.84. The summed E-state index contributed by atoms with van der Waals surface area (Å²) in [6, 6.07) is 15.0. The van der Waals surface area contributed by atoms with Crippen molar-refractivity contribution in [3.63, 3.8) is 0 Å². The Morgan fingerprint density at radius 3 is 2.50 bits per heavy atom. The van der Waals surface area contributed by atoms with Gasteiger partial charge in [0.15, 0.2) is 0 Å². The molecule has 3 nitrogen and oxygen atoms in total. The Balaban J connectivity index is 2.41.